The summed E-state index contributed by atoms with van der Waals surface area (Å²) in [6, 6.07) is 0. The normalized spacial score (nSPS) is 25.9. The molecule has 1 fully saturated rings. The highest BCUT2D eigenvalue weighted by molar-refractivity contribution is 5.66. The zero-order chi connectivity index (χ0) is 16.9. The van der Waals surface area contributed by atoms with Crippen LogP contribution in [0.3, 0.4) is 0 Å². The standard InChI is InChI=1S/C22H30O/c1-17(14-16-23)7-5-9-19(20-10-11-20)12-13-21-18(2)8-6-15-22(21,3)4/h5,7-9,12-14,16,20-21H,6,10-11,15H2,1-4H3/b7-5+,13-12+,17-14+,19-9+. The van der Waals surface area contributed by atoms with Crippen molar-refractivity contribution < 1.29 is 4.79 Å². The van der Waals surface area contributed by atoms with Gasteiger partial charge in [-0.2, -0.15) is 0 Å². The Kier molecular flexibility index (Phi) is 5.98. The van der Waals surface area contributed by atoms with Gasteiger partial charge in [-0.1, -0.05) is 55.9 Å². The van der Waals surface area contributed by atoms with Gasteiger partial charge in [0.15, 0.2) is 0 Å². The molecule has 0 saturated heterocycles. The average molecular weight is 310 g/mol. The first-order chi connectivity index (χ1) is 10.9. The molecule has 2 aliphatic carbocycles. The van der Waals surface area contributed by atoms with E-state index < -0.39 is 0 Å². The molecule has 1 atom stereocenters. The molecule has 2 aliphatic rings. The highest BCUT2D eigenvalue weighted by Gasteiger charge is 2.31. The van der Waals surface area contributed by atoms with Crippen molar-refractivity contribution in [2.24, 2.45) is 17.3 Å². The quantitative estimate of drug-likeness (QED) is 0.256. The molecule has 2 rings (SSSR count). The van der Waals surface area contributed by atoms with Crippen LogP contribution in [0, 0.1) is 17.3 Å². The van der Waals surface area contributed by atoms with E-state index in [4.69, 9.17) is 0 Å². The Labute approximate surface area is 141 Å². The fraction of sp³-hybridized carbons (Fsp3) is 0.500. The molecule has 0 aliphatic heterocycles. The summed E-state index contributed by atoms with van der Waals surface area (Å²) < 4.78 is 0. The lowest BCUT2D eigenvalue weighted by Gasteiger charge is -2.36. The number of hydrogen-bond donors (Lipinski definition) is 0. The van der Waals surface area contributed by atoms with Crippen molar-refractivity contribution >= 4 is 6.29 Å². The maximum atomic E-state index is 10.5. The summed E-state index contributed by atoms with van der Waals surface area (Å²) in [6.07, 6.45) is 20.9. The van der Waals surface area contributed by atoms with Crippen LogP contribution in [-0.2, 0) is 4.79 Å². The minimum absolute atomic E-state index is 0.350. The number of aldehydes is 1. The fourth-order valence-electron chi connectivity index (χ4n) is 3.41. The first-order valence-corrected chi connectivity index (χ1v) is 8.79. The summed E-state index contributed by atoms with van der Waals surface area (Å²) >= 11 is 0. The van der Waals surface area contributed by atoms with E-state index in [0.717, 1.165) is 17.8 Å². The Morgan fingerprint density at radius 2 is 1.96 bits per heavy atom. The first-order valence-electron chi connectivity index (χ1n) is 8.79. The molecule has 0 N–H and O–H groups in total. The molecule has 0 aromatic rings. The van der Waals surface area contributed by atoms with Crippen molar-refractivity contribution in [2.45, 2.75) is 53.4 Å². The van der Waals surface area contributed by atoms with Gasteiger partial charge in [-0.25, -0.2) is 0 Å². The number of rotatable bonds is 6. The Hall–Kier alpha value is -1.63. The third-order valence-corrected chi connectivity index (χ3v) is 5.10. The summed E-state index contributed by atoms with van der Waals surface area (Å²) in [5, 5.41) is 0. The van der Waals surface area contributed by atoms with Crippen molar-refractivity contribution in [1.29, 1.82) is 0 Å². The van der Waals surface area contributed by atoms with Gasteiger partial charge in [-0.3, -0.25) is 4.79 Å². The predicted molar refractivity (Wildman–Crippen MR) is 99.2 cm³/mol. The first kappa shape index (κ1) is 17.7. The molecule has 0 aromatic heterocycles. The maximum absolute atomic E-state index is 10.5. The van der Waals surface area contributed by atoms with Crippen LogP contribution >= 0.6 is 0 Å². The molecule has 0 heterocycles. The second-order valence-electron chi connectivity index (χ2n) is 7.66. The molecule has 23 heavy (non-hydrogen) atoms. The Morgan fingerprint density at radius 1 is 1.22 bits per heavy atom. The van der Waals surface area contributed by atoms with E-state index in [0.29, 0.717) is 11.3 Å². The van der Waals surface area contributed by atoms with Crippen molar-refractivity contribution in [3.8, 4) is 0 Å². The zero-order valence-corrected chi connectivity index (χ0v) is 15.0. The largest absolute Gasteiger partial charge is 0.299 e. The number of carbonyl (C=O) groups is 1. The number of allylic oxidation sites excluding steroid dienone is 10. The zero-order valence-electron chi connectivity index (χ0n) is 15.0. The molecule has 0 amide bonds. The van der Waals surface area contributed by atoms with E-state index >= 15 is 0 Å². The molecule has 1 heteroatoms. The molecule has 1 unspecified atom stereocenters. The van der Waals surface area contributed by atoms with Crippen LogP contribution in [0.1, 0.15) is 53.4 Å². The van der Waals surface area contributed by atoms with E-state index in [2.05, 4.69) is 51.2 Å². The minimum atomic E-state index is 0.350. The lowest BCUT2D eigenvalue weighted by Crippen LogP contribution is -2.26. The van der Waals surface area contributed by atoms with Crippen LogP contribution in [0.2, 0.25) is 0 Å². The Morgan fingerprint density at radius 3 is 2.57 bits per heavy atom. The van der Waals surface area contributed by atoms with Crippen LogP contribution < -0.4 is 0 Å². The third kappa shape index (κ3) is 5.20. The summed E-state index contributed by atoms with van der Waals surface area (Å²) in [5.74, 6) is 1.27. The summed E-state index contributed by atoms with van der Waals surface area (Å²) in [7, 11) is 0. The highest BCUT2D eigenvalue weighted by Crippen LogP contribution is 2.43. The molecular weight excluding hydrogens is 280 g/mol. The molecular formula is C22H30O. The minimum Gasteiger partial charge on any atom is -0.299 e. The van der Waals surface area contributed by atoms with Crippen molar-refractivity contribution in [3.05, 3.63) is 59.3 Å². The smallest absolute Gasteiger partial charge is 0.143 e. The molecule has 124 valence electrons. The topological polar surface area (TPSA) is 17.1 Å². The van der Waals surface area contributed by atoms with E-state index in [-0.39, 0.29) is 0 Å². The van der Waals surface area contributed by atoms with Gasteiger partial charge in [0.2, 0.25) is 0 Å². The predicted octanol–water partition coefficient (Wildman–Crippen LogP) is 5.96. The van der Waals surface area contributed by atoms with Gasteiger partial charge >= 0.3 is 0 Å². The third-order valence-electron chi connectivity index (χ3n) is 5.10. The van der Waals surface area contributed by atoms with Crippen molar-refractivity contribution in [1.82, 2.24) is 0 Å². The number of hydrogen-bond acceptors (Lipinski definition) is 1. The van der Waals surface area contributed by atoms with Gasteiger partial charge in [-0.15, -0.1) is 0 Å². The number of carbonyl (C=O) groups excluding carboxylic acids is 1. The lowest BCUT2D eigenvalue weighted by atomic mass is 9.68. The second-order valence-corrected chi connectivity index (χ2v) is 7.66. The van der Waals surface area contributed by atoms with Gasteiger partial charge < -0.3 is 0 Å². The molecule has 0 radical (unpaired) electrons. The molecule has 1 nitrogen and oxygen atoms in total. The SMILES string of the molecule is CC1=CCCC(C)(C)C1/C=C/C(=C\C=C\C(C)=C\C=O)C1CC1. The van der Waals surface area contributed by atoms with E-state index in [1.165, 1.54) is 36.8 Å². The summed E-state index contributed by atoms with van der Waals surface area (Å²) in [4.78, 5) is 10.5. The van der Waals surface area contributed by atoms with Crippen LogP contribution in [0.25, 0.3) is 0 Å². The van der Waals surface area contributed by atoms with Crippen molar-refractivity contribution in [2.75, 3.05) is 0 Å². The molecule has 1 saturated carbocycles. The van der Waals surface area contributed by atoms with E-state index in [1.807, 2.05) is 13.0 Å². The van der Waals surface area contributed by atoms with Gasteiger partial charge in [0, 0.05) is 5.92 Å². The Balaban J connectivity index is 2.13. The van der Waals surface area contributed by atoms with Crippen LogP contribution in [0.15, 0.2) is 59.3 Å². The maximum Gasteiger partial charge on any atom is 0.143 e. The Bertz CT molecular complexity index is 577. The van der Waals surface area contributed by atoms with Gasteiger partial charge in [0.25, 0.3) is 0 Å². The van der Waals surface area contributed by atoms with Crippen molar-refractivity contribution in [3.63, 3.8) is 0 Å². The average Bonchev–Trinajstić information content (AvgIpc) is 3.29. The fourth-order valence-corrected chi connectivity index (χ4v) is 3.41. The van der Waals surface area contributed by atoms with E-state index in [9.17, 15) is 4.79 Å². The monoisotopic (exact) mass is 310 g/mol. The molecule has 0 spiro atoms. The van der Waals surface area contributed by atoms with Crippen LogP contribution in [0.5, 0.6) is 0 Å². The van der Waals surface area contributed by atoms with E-state index in [1.54, 1.807) is 6.08 Å². The molecule has 0 bridgehead atoms. The summed E-state index contributed by atoms with van der Waals surface area (Å²) in [5.41, 5.74) is 4.27. The molecule has 0 aromatic carbocycles. The lowest BCUT2D eigenvalue weighted by molar-refractivity contribution is -0.104. The second kappa shape index (κ2) is 7.77. The van der Waals surface area contributed by atoms with Gasteiger partial charge in [-0.05, 0) is 68.1 Å². The van der Waals surface area contributed by atoms with Gasteiger partial charge in [0.05, 0.1) is 0 Å². The summed E-state index contributed by atoms with van der Waals surface area (Å²) in [6.45, 7) is 8.98. The van der Waals surface area contributed by atoms with Crippen LogP contribution in [-0.4, -0.2) is 6.29 Å². The van der Waals surface area contributed by atoms with Gasteiger partial charge in [0.1, 0.15) is 6.29 Å². The highest BCUT2D eigenvalue weighted by atomic mass is 16.1. The van der Waals surface area contributed by atoms with Crippen LogP contribution in [0.4, 0.5) is 0 Å².